The molecule has 0 aromatic heterocycles. The Hall–Kier alpha value is -1.10. The van der Waals surface area contributed by atoms with Crippen molar-refractivity contribution in [2.45, 2.75) is 19.3 Å². The van der Waals surface area contributed by atoms with E-state index in [0.717, 1.165) is 12.8 Å². The molecule has 0 saturated carbocycles. The highest BCUT2D eigenvalue weighted by Gasteiger charge is 2.00. The fourth-order valence-corrected chi connectivity index (χ4v) is 1.66. The van der Waals surface area contributed by atoms with Crippen LogP contribution in [0.1, 0.15) is 19.3 Å². The molecular formula is C11H14BrFN2O. The zero-order chi connectivity index (χ0) is 12.0. The van der Waals surface area contributed by atoms with Gasteiger partial charge in [-0.1, -0.05) is 15.9 Å². The molecule has 0 saturated heterocycles. The van der Waals surface area contributed by atoms with Gasteiger partial charge >= 0.3 is 0 Å². The van der Waals surface area contributed by atoms with Gasteiger partial charge in [0.05, 0.1) is 12.4 Å². The Balaban J connectivity index is 2.29. The molecule has 0 aliphatic heterocycles. The number of ether oxygens (including phenoxy) is 1. The summed E-state index contributed by atoms with van der Waals surface area (Å²) in [6, 6.07) is 4.44. The van der Waals surface area contributed by atoms with Crippen LogP contribution in [0.15, 0.2) is 22.7 Å². The van der Waals surface area contributed by atoms with Crippen LogP contribution in [0, 0.1) is 11.2 Å². The van der Waals surface area contributed by atoms with Crippen LogP contribution in [0.4, 0.5) is 4.39 Å². The van der Waals surface area contributed by atoms with Crippen molar-refractivity contribution < 1.29 is 9.13 Å². The summed E-state index contributed by atoms with van der Waals surface area (Å²) < 4.78 is 19.0. The summed E-state index contributed by atoms with van der Waals surface area (Å²) in [5.74, 6) is 0.372. The number of halogens is 2. The van der Waals surface area contributed by atoms with E-state index in [9.17, 15) is 4.39 Å². The molecule has 0 aliphatic carbocycles. The molecule has 3 nitrogen and oxygen atoms in total. The molecule has 0 aliphatic rings. The van der Waals surface area contributed by atoms with Gasteiger partial charge < -0.3 is 10.5 Å². The van der Waals surface area contributed by atoms with Crippen LogP contribution < -0.4 is 10.5 Å². The monoisotopic (exact) mass is 288 g/mol. The fourth-order valence-electron chi connectivity index (χ4n) is 1.22. The lowest BCUT2D eigenvalue weighted by molar-refractivity contribution is 0.306. The van der Waals surface area contributed by atoms with Crippen LogP contribution in [0.3, 0.4) is 0 Å². The van der Waals surface area contributed by atoms with Crippen molar-refractivity contribution in [2.75, 3.05) is 6.61 Å². The van der Waals surface area contributed by atoms with Gasteiger partial charge in [-0.3, -0.25) is 5.41 Å². The van der Waals surface area contributed by atoms with Gasteiger partial charge in [0.15, 0.2) is 0 Å². The highest BCUT2D eigenvalue weighted by molar-refractivity contribution is 9.10. The van der Waals surface area contributed by atoms with Crippen LogP contribution in [0.2, 0.25) is 0 Å². The second-order valence-electron chi connectivity index (χ2n) is 3.44. The summed E-state index contributed by atoms with van der Waals surface area (Å²) in [7, 11) is 0. The number of nitrogens with one attached hydrogen (secondary N) is 1. The highest BCUT2D eigenvalue weighted by Crippen LogP contribution is 2.20. The SMILES string of the molecule is N=C(N)CCCCOc1cc(F)cc(Br)c1. The van der Waals surface area contributed by atoms with Crippen molar-refractivity contribution in [2.24, 2.45) is 5.73 Å². The van der Waals surface area contributed by atoms with Crippen LogP contribution in [-0.2, 0) is 0 Å². The maximum absolute atomic E-state index is 13.0. The Morgan fingerprint density at radius 3 is 2.75 bits per heavy atom. The second kappa shape index (κ2) is 6.48. The van der Waals surface area contributed by atoms with Gasteiger partial charge in [0, 0.05) is 17.0 Å². The summed E-state index contributed by atoms with van der Waals surface area (Å²) in [5.41, 5.74) is 5.21. The number of hydrogen-bond donors (Lipinski definition) is 2. The largest absolute Gasteiger partial charge is 0.493 e. The molecular weight excluding hydrogens is 275 g/mol. The zero-order valence-electron chi connectivity index (χ0n) is 8.80. The molecule has 16 heavy (non-hydrogen) atoms. The maximum Gasteiger partial charge on any atom is 0.128 e. The first-order valence-electron chi connectivity index (χ1n) is 5.00. The maximum atomic E-state index is 13.0. The number of rotatable bonds is 6. The first kappa shape index (κ1) is 13.0. The van der Waals surface area contributed by atoms with Crippen LogP contribution in [0.5, 0.6) is 5.75 Å². The molecule has 1 rings (SSSR count). The van der Waals surface area contributed by atoms with Gasteiger partial charge in [-0.15, -0.1) is 0 Å². The predicted octanol–water partition coefficient (Wildman–Crippen LogP) is 3.07. The first-order chi connectivity index (χ1) is 7.58. The van der Waals surface area contributed by atoms with E-state index in [1.54, 1.807) is 6.07 Å². The average Bonchev–Trinajstić information content (AvgIpc) is 2.15. The number of hydrogen-bond acceptors (Lipinski definition) is 2. The molecule has 0 amide bonds. The third-order valence-corrected chi connectivity index (χ3v) is 2.40. The van der Waals surface area contributed by atoms with Crippen molar-refractivity contribution in [3.63, 3.8) is 0 Å². The van der Waals surface area contributed by atoms with Gasteiger partial charge in [0.1, 0.15) is 11.6 Å². The second-order valence-corrected chi connectivity index (χ2v) is 4.35. The molecule has 1 aromatic carbocycles. The Morgan fingerprint density at radius 1 is 1.38 bits per heavy atom. The van der Waals surface area contributed by atoms with E-state index in [-0.39, 0.29) is 11.7 Å². The third-order valence-electron chi connectivity index (χ3n) is 1.95. The minimum atomic E-state index is -0.326. The average molecular weight is 289 g/mol. The molecule has 0 radical (unpaired) electrons. The number of amidine groups is 1. The molecule has 1 aromatic rings. The molecule has 0 heterocycles. The molecule has 0 atom stereocenters. The van der Waals surface area contributed by atoms with E-state index in [0.29, 0.717) is 23.2 Å². The van der Waals surface area contributed by atoms with Crippen LogP contribution >= 0.6 is 15.9 Å². The van der Waals surface area contributed by atoms with Crippen LogP contribution in [-0.4, -0.2) is 12.4 Å². The van der Waals surface area contributed by atoms with Crippen molar-refractivity contribution in [3.05, 3.63) is 28.5 Å². The van der Waals surface area contributed by atoms with Gasteiger partial charge in [0.2, 0.25) is 0 Å². The molecule has 0 fully saturated rings. The zero-order valence-corrected chi connectivity index (χ0v) is 10.4. The van der Waals surface area contributed by atoms with Gasteiger partial charge in [-0.25, -0.2) is 4.39 Å². The lowest BCUT2D eigenvalue weighted by Gasteiger charge is -2.06. The Labute approximate surface area is 102 Å². The lowest BCUT2D eigenvalue weighted by atomic mass is 10.2. The molecule has 0 spiro atoms. The van der Waals surface area contributed by atoms with E-state index < -0.39 is 0 Å². The van der Waals surface area contributed by atoms with E-state index in [4.69, 9.17) is 15.9 Å². The molecule has 3 N–H and O–H groups in total. The molecule has 0 bridgehead atoms. The highest BCUT2D eigenvalue weighted by atomic mass is 79.9. The van der Waals surface area contributed by atoms with Crippen molar-refractivity contribution >= 4 is 21.8 Å². The minimum absolute atomic E-state index is 0.188. The topological polar surface area (TPSA) is 59.1 Å². The van der Waals surface area contributed by atoms with E-state index >= 15 is 0 Å². The first-order valence-corrected chi connectivity index (χ1v) is 5.79. The lowest BCUT2D eigenvalue weighted by Crippen LogP contribution is -2.09. The standard InChI is InChI=1S/C11H14BrFN2O/c12-8-5-9(13)7-10(6-8)16-4-2-1-3-11(14)15/h5-7H,1-4H2,(H3,14,15). The van der Waals surface area contributed by atoms with E-state index in [1.807, 2.05) is 0 Å². The number of nitrogens with two attached hydrogens (primary N) is 1. The number of unbranched alkanes of at least 4 members (excludes halogenated alkanes) is 1. The molecule has 0 unspecified atom stereocenters. The smallest absolute Gasteiger partial charge is 0.128 e. The number of benzene rings is 1. The predicted molar refractivity (Wildman–Crippen MR) is 65.4 cm³/mol. The summed E-state index contributed by atoms with van der Waals surface area (Å²) in [5, 5.41) is 7.03. The van der Waals surface area contributed by atoms with Gasteiger partial charge in [-0.2, -0.15) is 0 Å². The summed E-state index contributed by atoms with van der Waals surface area (Å²) in [6.07, 6.45) is 2.19. The normalized spacial score (nSPS) is 10.1. The third kappa shape index (κ3) is 5.11. The quantitative estimate of drug-likeness (QED) is 0.480. The molecule has 88 valence electrons. The van der Waals surface area contributed by atoms with E-state index in [1.165, 1.54) is 12.1 Å². The summed E-state index contributed by atoms with van der Waals surface area (Å²) in [6.45, 7) is 0.503. The molecule has 5 heteroatoms. The minimum Gasteiger partial charge on any atom is -0.493 e. The fraction of sp³-hybridized carbons (Fsp3) is 0.364. The van der Waals surface area contributed by atoms with Crippen molar-refractivity contribution in [3.8, 4) is 5.75 Å². The van der Waals surface area contributed by atoms with Crippen molar-refractivity contribution in [1.29, 1.82) is 5.41 Å². The van der Waals surface area contributed by atoms with Gasteiger partial charge in [-0.05, 0) is 25.0 Å². The summed E-state index contributed by atoms with van der Waals surface area (Å²) in [4.78, 5) is 0. The summed E-state index contributed by atoms with van der Waals surface area (Å²) >= 11 is 3.19. The Morgan fingerprint density at radius 2 is 2.12 bits per heavy atom. The van der Waals surface area contributed by atoms with Gasteiger partial charge in [0.25, 0.3) is 0 Å². The van der Waals surface area contributed by atoms with E-state index in [2.05, 4.69) is 15.9 Å². The van der Waals surface area contributed by atoms with Crippen LogP contribution in [0.25, 0.3) is 0 Å². The Kier molecular flexibility index (Phi) is 5.25. The Bertz CT molecular complexity index is 351. The van der Waals surface area contributed by atoms with Crippen molar-refractivity contribution in [1.82, 2.24) is 0 Å².